The van der Waals surface area contributed by atoms with Crippen LogP contribution in [0.2, 0.25) is 5.02 Å². The number of likely N-dealkylation sites (tertiary alicyclic amines) is 1. The molecule has 9 heteroatoms. The van der Waals surface area contributed by atoms with Gasteiger partial charge in [-0.15, -0.1) is 0 Å². The molecule has 3 heterocycles. The minimum atomic E-state index is -0.246. The van der Waals surface area contributed by atoms with Crippen molar-refractivity contribution >= 4 is 35.0 Å². The molecule has 3 aliphatic heterocycles. The number of nitrogens with one attached hydrogen (secondary N) is 1. The van der Waals surface area contributed by atoms with E-state index in [0.29, 0.717) is 28.4 Å². The van der Waals surface area contributed by atoms with E-state index in [1.165, 1.54) is 0 Å². The van der Waals surface area contributed by atoms with Crippen LogP contribution < -0.4 is 15.0 Å². The summed E-state index contributed by atoms with van der Waals surface area (Å²) in [5, 5.41) is 3.89. The number of nitrogens with zero attached hydrogens (tertiary/aromatic N) is 3. The number of ether oxygens (including phenoxy) is 1. The van der Waals surface area contributed by atoms with Gasteiger partial charge in [0.15, 0.2) is 0 Å². The lowest BCUT2D eigenvalue weighted by Crippen LogP contribution is -2.39. The number of hydrogen-bond acceptors (Lipinski definition) is 5. The largest absolute Gasteiger partial charge is 0.490 e. The average Bonchev–Trinajstić information content (AvgIpc) is 3.52. The molecule has 1 N–H and O–H groups in total. The van der Waals surface area contributed by atoms with Crippen LogP contribution in [-0.2, 0) is 17.9 Å². The standard InChI is InChI=1S/C33H35ClN4O4/c34-27-9-7-24(8-10-27)32(40)37-21-26-6-5-25(33(41)36-17-1-2-18-36)19-30(26)38(31(39)22-37)20-23-3-11-28(12-4-23)42-29-13-15-35-16-14-29/h3-12,19,29,35H,1-2,13-18,20-22H2. The zero-order valence-electron chi connectivity index (χ0n) is 23.6. The molecule has 3 amide bonds. The van der Waals surface area contributed by atoms with Crippen LogP contribution in [0.25, 0.3) is 0 Å². The van der Waals surface area contributed by atoms with Crippen LogP contribution >= 0.6 is 11.6 Å². The Morgan fingerprint density at radius 1 is 0.833 bits per heavy atom. The summed E-state index contributed by atoms with van der Waals surface area (Å²) in [6, 6.07) is 20.0. The fourth-order valence-corrected chi connectivity index (χ4v) is 6.01. The highest BCUT2D eigenvalue weighted by molar-refractivity contribution is 6.30. The maximum Gasteiger partial charge on any atom is 0.254 e. The molecule has 3 aromatic carbocycles. The lowest BCUT2D eigenvalue weighted by molar-refractivity contribution is -0.119. The Labute approximate surface area is 251 Å². The van der Waals surface area contributed by atoms with Crippen molar-refractivity contribution < 1.29 is 19.1 Å². The number of anilines is 1. The van der Waals surface area contributed by atoms with Gasteiger partial charge in [0.05, 0.1) is 6.54 Å². The summed E-state index contributed by atoms with van der Waals surface area (Å²) in [7, 11) is 0. The third-order valence-corrected chi connectivity index (χ3v) is 8.49. The number of carbonyl (C=O) groups excluding carboxylic acids is 3. The molecule has 0 aromatic heterocycles. The topological polar surface area (TPSA) is 82.2 Å². The van der Waals surface area contributed by atoms with Gasteiger partial charge < -0.3 is 24.8 Å². The lowest BCUT2D eigenvalue weighted by Gasteiger charge is -2.25. The van der Waals surface area contributed by atoms with Crippen LogP contribution in [0.15, 0.2) is 66.7 Å². The van der Waals surface area contributed by atoms with Gasteiger partial charge in [-0.2, -0.15) is 0 Å². The predicted molar refractivity (Wildman–Crippen MR) is 162 cm³/mol. The second-order valence-electron chi connectivity index (χ2n) is 11.2. The molecule has 218 valence electrons. The Bertz CT molecular complexity index is 1450. The summed E-state index contributed by atoms with van der Waals surface area (Å²) in [5.41, 5.74) is 3.42. The van der Waals surface area contributed by atoms with Gasteiger partial charge in [-0.25, -0.2) is 0 Å². The smallest absolute Gasteiger partial charge is 0.254 e. The summed E-state index contributed by atoms with van der Waals surface area (Å²) in [6.45, 7) is 3.88. The molecule has 0 radical (unpaired) electrons. The molecule has 2 saturated heterocycles. The molecule has 0 unspecified atom stereocenters. The van der Waals surface area contributed by atoms with E-state index >= 15 is 0 Å². The molecule has 6 rings (SSSR count). The first-order chi connectivity index (χ1) is 20.4. The van der Waals surface area contributed by atoms with Crippen LogP contribution in [0.1, 0.15) is 57.5 Å². The van der Waals surface area contributed by atoms with Crippen molar-refractivity contribution in [1.82, 2.24) is 15.1 Å². The van der Waals surface area contributed by atoms with Gasteiger partial charge in [0.1, 0.15) is 18.4 Å². The number of carbonyl (C=O) groups is 3. The van der Waals surface area contributed by atoms with Crippen LogP contribution in [-0.4, -0.2) is 66.3 Å². The number of hydrogen-bond donors (Lipinski definition) is 1. The first-order valence-electron chi connectivity index (χ1n) is 14.7. The highest BCUT2D eigenvalue weighted by Crippen LogP contribution is 2.31. The first kappa shape index (κ1) is 28.2. The summed E-state index contributed by atoms with van der Waals surface area (Å²) in [6.07, 6.45) is 4.16. The van der Waals surface area contributed by atoms with Gasteiger partial charge in [0.2, 0.25) is 5.91 Å². The number of benzene rings is 3. The van der Waals surface area contributed by atoms with E-state index in [4.69, 9.17) is 16.3 Å². The molecule has 0 spiro atoms. The molecule has 3 aliphatic rings. The van der Waals surface area contributed by atoms with Gasteiger partial charge in [-0.3, -0.25) is 14.4 Å². The fraction of sp³-hybridized carbons (Fsp3) is 0.364. The van der Waals surface area contributed by atoms with Gasteiger partial charge in [-0.1, -0.05) is 29.8 Å². The molecule has 0 saturated carbocycles. The van der Waals surface area contributed by atoms with Crippen molar-refractivity contribution in [3.63, 3.8) is 0 Å². The summed E-state index contributed by atoms with van der Waals surface area (Å²) < 4.78 is 6.16. The molecule has 8 nitrogen and oxygen atoms in total. The van der Waals surface area contributed by atoms with E-state index in [1.54, 1.807) is 34.1 Å². The van der Waals surface area contributed by atoms with Crippen molar-refractivity contribution in [3.8, 4) is 5.75 Å². The molecule has 2 fully saturated rings. The number of halogens is 1. The van der Waals surface area contributed by atoms with Crippen LogP contribution in [0.5, 0.6) is 5.75 Å². The second kappa shape index (κ2) is 12.5. The van der Waals surface area contributed by atoms with Crippen molar-refractivity contribution in [3.05, 3.63) is 94.0 Å². The Morgan fingerprint density at radius 3 is 2.21 bits per heavy atom. The zero-order chi connectivity index (χ0) is 29.1. The Hall–Kier alpha value is -3.88. The van der Waals surface area contributed by atoms with E-state index in [9.17, 15) is 14.4 Å². The van der Waals surface area contributed by atoms with E-state index in [2.05, 4.69) is 5.32 Å². The van der Waals surface area contributed by atoms with E-state index < -0.39 is 0 Å². The van der Waals surface area contributed by atoms with Gasteiger partial charge in [-0.05, 0) is 98.4 Å². The maximum atomic E-state index is 13.8. The fourth-order valence-electron chi connectivity index (χ4n) is 5.88. The number of amides is 3. The molecule has 42 heavy (non-hydrogen) atoms. The van der Waals surface area contributed by atoms with E-state index in [-0.39, 0.29) is 36.9 Å². The normalized spacial score (nSPS) is 17.6. The van der Waals surface area contributed by atoms with E-state index in [0.717, 1.165) is 68.7 Å². The van der Waals surface area contributed by atoms with Crippen LogP contribution in [0.4, 0.5) is 5.69 Å². The Kier molecular flexibility index (Phi) is 8.44. The second-order valence-corrected chi connectivity index (χ2v) is 11.6. The van der Waals surface area contributed by atoms with Crippen LogP contribution in [0.3, 0.4) is 0 Å². The highest BCUT2D eigenvalue weighted by atomic mass is 35.5. The third kappa shape index (κ3) is 6.30. The number of piperidine rings is 1. The van der Waals surface area contributed by atoms with Gasteiger partial charge in [0.25, 0.3) is 11.8 Å². The quantitative estimate of drug-likeness (QED) is 0.444. The minimum absolute atomic E-state index is 0.0274. The molecule has 0 atom stereocenters. The number of fused-ring (bicyclic) bond motifs is 1. The van der Waals surface area contributed by atoms with Crippen molar-refractivity contribution in [2.75, 3.05) is 37.6 Å². The van der Waals surface area contributed by atoms with Crippen LogP contribution in [0, 0.1) is 0 Å². The predicted octanol–water partition coefficient (Wildman–Crippen LogP) is 4.90. The summed E-state index contributed by atoms with van der Waals surface area (Å²) in [5.74, 6) is 0.327. The molecule has 0 bridgehead atoms. The van der Waals surface area contributed by atoms with E-state index in [1.807, 2.05) is 47.4 Å². The Morgan fingerprint density at radius 2 is 1.50 bits per heavy atom. The van der Waals surface area contributed by atoms with Gasteiger partial charge in [0, 0.05) is 41.5 Å². The van der Waals surface area contributed by atoms with Crippen molar-refractivity contribution in [1.29, 1.82) is 0 Å². The average molecular weight is 587 g/mol. The lowest BCUT2D eigenvalue weighted by atomic mass is 10.1. The van der Waals surface area contributed by atoms with Crippen molar-refractivity contribution in [2.24, 2.45) is 0 Å². The molecular weight excluding hydrogens is 552 g/mol. The highest BCUT2D eigenvalue weighted by Gasteiger charge is 2.31. The minimum Gasteiger partial charge on any atom is -0.490 e. The zero-order valence-corrected chi connectivity index (χ0v) is 24.3. The molecule has 3 aromatic rings. The third-order valence-electron chi connectivity index (χ3n) is 8.24. The molecule has 0 aliphatic carbocycles. The SMILES string of the molecule is O=C(c1ccc2c(c1)N(Cc1ccc(OC3CCNCC3)cc1)C(=O)CN(C(=O)c1ccc(Cl)cc1)C2)N1CCCC1. The Balaban J connectivity index is 1.28. The number of rotatable bonds is 6. The maximum absolute atomic E-state index is 13.8. The van der Waals surface area contributed by atoms with Crippen molar-refractivity contribution in [2.45, 2.75) is 44.9 Å². The van der Waals surface area contributed by atoms with Gasteiger partial charge >= 0.3 is 0 Å². The first-order valence-corrected chi connectivity index (χ1v) is 15.1. The summed E-state index contributed by atoms with van der Waals surface area (Å²) >= 11 is 6.03. The summed E-state index contributed by atoms with van der Waals surface area (Å²) in [4.78, 5) is 45.7. The molecular formula is C33H35ClN4O4. The monoisotopic (exact) mass is 586 g/mol.